The molecule has 1 aliphatic rings. The van der Waals surface area contributed by atoms with Crippen molar-refractivity contribution < 1.29 is 14.3 Å². The van der Waals surface area contributed by atoms with E-state index in [2.05, 4.69) is 25.5 Å². The molecule has 4 rings (SSSR count). The Balaban J connectivity index is 1.35. The van der Waals surface area contributed by atoms with Gasteiger partial charge in [-0.3, -0.25) is 9.59 Å². The predicted octanol–water partition coefficient (Wildman–Crippen LogP) is 2.12. The monoisotopic (exact) mass is 417 g/mol. The molecule has 1 aliphatic heterocycles. The first-order valence-corrected chi connectivity index (χ1v) is 10.4. The minimum absolute atomic E-state index is 0.0595. The van der Waals surface area contributed by atoms with E-state index in [1.807, 2.05) is 18.2 Å². The molecule has 2 amide bonds. The lowest BCUT2D eigenvalue weighted by Gasteiger charge is -2.37. The van der Waals surface area contributed by atoms with E-state index in [1.165, 1.54) is 11.3 Å². The van der Waals surface area contributed by atoms with Crippen LogP contribution in [0.4, 0.5) is 10.3 Å². The normalized spacial score (nSPS) is 14.0. The van der Waals surface area contributed by atoms with Gasteiger partial charge in [-0.25, -0.2) is 9.97 Å². The second kappa shape index (κ2) is 7.72. The van der Waals surface area contributed by atoms with E-state index >= 15 is 0 Å². The first kappa shape index (κ1) is 18.6. The molecule has 146 valence electrons. The maximum atomic E-state index is 12.4. The number of methoxy groups -OCH3 is 1. The van der Waals surface area contributed by atoms with Crippen LogP contribution >= 0.6 is 22.7 Å². The van der Waals surface area contributed by atoms with Crippen molar-refractivity contribution in [2.45, 2.75) is 6.42 Å². The molecule has 0 aliphatic carbocycles. The van der Waals surface area contributed by atoms with Crippen molar-refractivity contribution in [1.82, 2.24) is 15.3 Å². The average molecular weight is 418 g/mol. The maximum Gasteiger partial charge on any atom is 0.232 e. The number of carbonyl (C=O) groups excluding carboxylic acids is 2. The Morgan fingerprint density at radius 1 is 1.32 bits per heavy atom. The van der Waals surface area contributed by atoms with Gasteiger partial charge in [0.15, 0.2) is 10.3 Å². The van der Waals surface area contributed by atoms with Gasteiger partial charge < -0.3 is 20.3 Å². The van der Waals surface area contributed by atoms with E-state index in [9.17, 15) is 9.59 Å². The third-order valence-electron chi connectivity index (χ3n) is 4.52. The highest BCUT2D eigenvalue weighted by atomic mass is 32.1. The number of amides is 2. The van der Waals surface area contributed by atoms with Crippen molar-refractivity contribution in [2.24, 2.45) is 5.92 Å². The Kier molecular flexibility index (Phi) is 5.14. The molecule has 0 bridgehead atoms. The molecule has 0 atom stereocenters. The van der Waals surface area contributed by atoms with Gasteiger partial charge in [0.05, 0.1) is 29.8 Å². The lowest BCUT2D eigenvalue weighted by molar-refractivity contribution is -0.121. The molecule has 2 N–H and O–H groups in total. The number of thiazole rings is 2. The minimum atomic E-state index is -0.111. The summed E-state index contributed by atoms with van der Waals surface area (Å²) in [7, 11) is 3.22. The quantitative estimate of drug-likeness (QED) is 0.638. The summed E-state index contributed by atoms with van der Waals surface area (Å²) in [6.07, 6.45) is 0.209. The number of aromatic nitrogens is 2. The zero-order valence-electron chi connectivity index (χ0n) is 15.4. The van der Waals surface area contributed by atoms with E-state index < -0.39 is 0 Å². The van der Waals surface area contributed by atoms with Gasteiger partial charge >= 0.3 is 0 Å². The Morgan fingerprint density at radius 3 is 2.89 bits per heavy atom. The van der Waals surface area contributed by atoms with Crippen molar-refractivity contribution in [3.8, 4) is 5.75 Å². The lowest BCUT2D eigenvalue weighted by atomic mass is 10.0. The molecule has 0 radical (unpaired) electrons. The van der Waals surface area contributed by atoms with E-state index in [1.54, 1.807) is 30.9 Å². The van der Waals surface area contributed by atoms with E-state index in [0.717, 1.165) is 21.1 Å². The molecule has 3 heterocycles. The number of anilines is 2. The van der Waals surface area contributed by atoms with Crippen LogP contribution in [-0.2, 0) is 16.0 Å². The molecule has 28 heavy (non-hydrogen) atoms. The molecule has 3 aromatic rings. The molecule has 8 nitrogen and oxygen atoms in total. The first-order valence-electron chi connectivity index (χ1n) is 8.71. The maximum absolute atomic E-state index is 12.4. The summed E-state index contributed by atoms with van der Waals surface area (Å²) in [6.45, 7) is 1.23. The Bertz CT molecular complexity index is 1030. The van der Waals surface area contributed by atoms with Crippen LogP contribution in [0.25, 0.3) is 10.2 Å². The fraction of sp³-hybridized carbons (Fsp3) is 0.333. The number of likely N-dealkylation sites (N-methyl/N-ethyl adjacent to an activating group) is 1. The van der Waals surface area contributed by atoms with Crippen molar-refractivity contribution in [3.63, 3.8) is 0 Å². The van der Waals surface area contributed by atoms with Crippen molar-refractivity contribution in [1.29, 1.82) is 0 Å². The van der Waals surface area contributed by atoms with Crippen molar-refractivity contribution in [3.05, 3.63) is 29.3 Å². The number of para-hydroxylation sites is 1. The van der Waals surface area contributed by atoms with Crippen LogP contribution in [0.3, 0.4) is 0 Å². The lowest BCUT2D eigenvalue weighted by Crippen LogP contribution is -2.52. The summed E-state index contributed by atoms with van der Waals surface area (Å²) < 4.78 is 6.43. The Labute approximate surface area is 169 Å². The molecular formula is C18H19N5O3S2. The molecule has 1 aromatic carbocycles. The van der Waals surface area contributed by atoms with E-state index in [0.29, 0.717) is 23.9 Å². The molecule has 0 saturated carbocycles. The van der Waals surface area contributed by atoms with Crippen LogP contribution in [0.15, 0.2) is 23.6 Å². The standard InChI is InChI=1S/C18H19N5O3S2/c1-19-14(24)6-11-9-27-17(20-11)22-16(25)10-7-23(8-10)18-21-15-12(26-2)4-3-5-13(15)28-18/h3-5,9-10H,6-8H2,1-2H3,(H,19,24)(H,20,22,25). The van der Waals surface area contributed by atoms with Crippen LogP contribution in [0.5, 0.6) is 5.75 Å². The molecular weight excluding hydrogens is 398 g/mol. The van der Waals surface area contributed by atoms with Crippen molar-refractivity contribution >= 4 is 55.0 Å². The molecule has 0 unspecified atom stereocenters. The summed E-state index contributed by atoms with van der Waals surface area (Å²) >= 11 is 2.92. The Hall–Kier alpha value is -2.72. The summed E-state index contributed by atoms with van der Waals surface area (Å²) in [6, 6.07) is 5.86. The first-order chi connectivity index (χ1) is 13.6. The van der Waals surface area contributed by atoms with Crippen LogP contribution in [0, 0.1) is 5.92 Å². The molecule has 0 spiro atoms. The number of hydrogen-bond acceptors (Lipinski definition) is 8. The van der Waals surface area contributed by atoms with Gasteiger partial charge in [-0.1, -0.05) is 17.4 Å². The van der Waals surface area contributed by atoms with Gasteiger partial charge in [0, 0.05) is 25.5 Å². The number of benzene rings is 1. The van der Waals surface area contributed by atoms with Gasteiger partial charge in [0.25, 0.3) is 0 Å². The van der Waals surface area contributed by atoms with Gasteiger partial charge in [0.1, 0.15) is 11.3 Å². The zero-order valence-corrected chi connectivity index (χ0v) is 17.0. The van der Waals surface area contributed by atoms with Gasteiger partial charge in [-0.2, -0.15) is 0 Å². The number of nitrogens with zero attached hydrogens (tertiary/aromatic N) is 3. The zero-order chi connectivity index (χ0) is 19.7. The highest BCUT2D eigenvalue weighted by molar-refractivity contribution is 7.22. The molecule has 2 aromatic heterocycles. The third-order valence-corrected chi connectivity index (χ3v) is 6.40. The van der Waals surface area contributed by atoms with Crippen molar-refractivity contribution in [2.75, 3.05) is 37.5 Å². The van der Waals surface area contributed by atoms with Crippen LogP contribution < -0.4 is 20.3 Å². The van der Waals surface area contributed by atoms with E-state index in [-0.39, 0.29) is 24.2 Å². The largest absolute Gasteiger partial charge is 0.494 e. The van der Waals surface area contributed by atoms with Crippen LogP contribution in [0.1, 0.15) is 5.69 Å². The second-order valence-electron chi connectivity index (χ2n) is 6.39. The number of carbonyl (C=O) groups is 2. The fourth-order valence-corrected chi connectivity index (χ4v) is 4.63. The number of rotatable bonds is 6. The average Bonchev–Trinajstić information content (AvgIpc) is 3.26. The molecule has 1 saturated heterocycles. The highest BCUT2D eigenvalue weighted by Crippen LogP contribution is 2.36. The Morgan fingerprint density at radius 2 is 2.14 bits per heavy atom. The third kappa shape index (κ3) is 3.65. The summed E-state index contributed by atoms with van der Waals surface area (Å²) in [5.41, 5.74) is 1.50. The molecule has 1 fully saturated rings. The van der Waals surface area contributed by atoms with E-state index in [4.69, 9.17) is 4.74 Å². The number of nitrogens with one attached hydrogen (secondary N) is 2. The second-order valence-corrected chi connectivity index (χ2v) is 8.26. The smallest absolute Gasteiger partial charge is 0.232 e. The van der Waals surface area contributed by atoms with Crippen LogP contribution in [-0.4, -0.2) is 49.0 Å². The topological polar surface area (TPSA) is 96.5 Å². The highest BCUT2D eigenvalue weighted by Gasteiger charge is 2.35. The van der Waals surface area contributed by atoms with Crippen LogP contribution in [0.2, 0.25) is 0 Å². The van der Waals surface area contributed by atoms with Gasteiger partial charge in [-0.05, 0) is 12.1 Å². The number of fused-ring (bicyclic) bond motifs is 1. The van der Waals surface area contributed by atoms with Gasteiger partial charge in [0.2, 0.25) is 11.8 Å². The molecule has 10 heteroatoms. The summed E-state index contributed by atoms with van der Waals surface area (Å²) in [5, 5.41) is 8.60. The number of ether oxygens (including phenoxy) is 1. The fourth-order valence-electron chi connectivity index (χ4n) is 2.92. The SMILES string of the molecule is CNC(=O)Cc1csc(NC(=O)C2CN(c3nc4c(OC)cccc4s3)C2)n1. The summed E-state index contributed by atoms with van der Waals surface area (Å²) in [4.78, 5) is 34.9. The number of hydrogen-bond donors (Lipinski definition) is 2. The summed E-state index contributed by atoms with van der Waals surface area (Å²) in [5.74, 6) is 0.479. The predicted molar refractivity (Wildman–Crippen MR) is 110 cm³/mol. The van der Waals surface area contributed by atoms with Gasteiger partial charge in [-0.15, -0.1) is 11.3 Å². The minimum Gasteiger partial charge on any atom is -0.494 e.